The number of carbonyl (C=O) groups excluding carboxylic acids is 1. The average molecular weight is 350 g/mol. The molecule has 2 aromatic rings. The predicted octanol–water partition coefficient (Wildman–Crippen LogP) is 4.97. The van der Waals surface area contributed by atoms with Gasteiger partial charge in [-0.05, 0) is 37.3 Å². The van der Waals surface area contributed by atoms with Crippen molar-refractivity contribution in [3.05, 3.63) is 53.4 Å². The van der Waals surface area contributed by atoms with E-state index in [4.69, 9.17) is 9.72 Å². The molecular formula is C22H26N2O2. The first kappa shape index (κ1) is 18.2. The molecule has 0 saturated carbocycles. The molecule has 1 aromatic heterocycles. The molecule has 1 heterocycles. The molecule has 3 rings (SSSR count). The van der Waals surface area contributed by atoms with Crippen LogP contribution in [-0.4, -0.2) is 22.9 Å². The summed E-state index contributed by atoms with van der Waals surface area (Å²) < 4.78 is 7.73. The van der Waals surface area contributed by atoms with Crippen molar-refractivity contribution in [3.63, 3.8) is 0 Å². The van der Waals surface area contributed by atoms with Gasteiger partial charge in [0.25, 0.3) is 0 Å². The quantitative estimate of drug-likeness (QED) is 0.715. The molecule has 0 radical (unpaired) electrons. The average Bonchev–Trinajstić information content (AvgIpc) is 2.85. The summed E-state index contributed by atoms with van der Waals surface area (Å²) in [5, 5.41) is 0. The van der Waals surface area contributed by atoms with Crippen LogP contribution in [0.3, 0.4) is 0 Å². The van der Waals surface area contributed by atoms with E-state index in [0.29, 0.717) is 23.1 Å². The Balaban J connectivity index is 2.23. The second-order valence-electron chi connectivity index (χ2n) is 6.98. The number of nitrogens with zero attached hydrogens (tertiary/aromatic N) is 2. The van der Waals surface area contributed by atoms with E-state index in [9.17, 15) is 4.79 Å². The number of hydrogen-bond donors (Lipinski definition) is 0. The molecule has 1 aliphatic carbocycles. The van der Waals surface area contributed by atoms with E-state index in [-0.39, 0.29) is 0 Å². The van der Waals surface area contributed by atoms with Gasteiger partial charge in [-0.1, -0.05) is 44.2 Å². The molecule has 0 N–H and O–H groups in total. The van der Waals surface area contributed by atoms with Crippen LogP contribution in [0.2, 0.25) is 0 Å². The molecule has 1 unspecified atom stereocenters. The van der Waals surface area contributed by atoms with Gasteiger partial charge < -0.3 is 9.30 Å². The van der Waals surface area contributed by atoms with E-state index >= 15 is 0 Å². The van der Waals surface area contributed by atoms with E-state index < -0.39 is 0 Å². The van der Waals surface area contributed by atoms with Crippen LogP contribution in [0.15, 0.2) is 36.4 Å². The fourth-order valence-electron chi connectivity index (χ4n) is 3.44. The number of ether oxygens (including phenoxy) is 1. The number of fused-ring (bicyclic) bond motifs is 1. The van der Waals surface area contributed by atoms with Gasteiger partial charge in [0, 0.05) is 17.7 Å². The summed E-state index contributed by atoms with van der Waals surface area (Å²) in [4.78, 5) is 16.3. The van der Waals surface area contributed by atoms with Gasteiger partial charge in [-0.15, -0.1) is 0 Å². The molecule has 0 saturated heterocycles. The first-order chi connectivity index (χ1) is 12.5. The summed E-state index contributed by atoms with van der Waals surface area (Å²) in [6.45, 7) is 9.25. The number of aromatic nitrogens is 2. The lowest BCUT2D eigenvalue weighted by Crippen LogP contribution is -2.02. The third-order valence-electron chi connectivity index (χ3n) is 5.07. The molecule has 0 bridgehead atoms. The Hall–Kier alpha value is -2.62. The highest BCUT2D eigenvalue weighted by Crippen LogP contribution is 2.34. The molecule has 4 nitrogen and oxygen atoms in total. The minimum Gasteiger partial charge on any atom is -0.494 e. The summed E-state index contributed by atoms with van der Waals surface area (Å²) in [5.41, 5.74) is 4.34. The van der Waals surface area contributed by atoms with Crippen LogP contribution < -0.4 is 4.74 Å². The van der Waals surface area contributed by atoms with Crippen LogP contribution in [0.5, 0.6) is 5.75 Å². The lowest BCUT2D eigenvalue weighted by atomic mass is 9.95. The van der Waals surface area contributed by atoms with Crippen molar-refractivity contribution in [2.24, 2.45) is 11.8 Å². The second kappa shape index (κ2) is 7.32. The summed E-state index contributed by atoms with van der Waals surface area (Å²) >= 11 is 0. The Kier molecular flexibility index (Phi) is 5.12. The van der Waals surface area contributed by atoms with Gasteiger partial charge in [-0.2, -0.15) is 0 Å². The van der Waals surface area contributed by atoms with Gasteiger partial charge in [0.2, 0.25) is 0 Å². The number of aryl methyl sites for hydroxylation is 2. The fraction of sp³-hybridized carbons (Fsp3) is 0.364. The number of methoxy groups -OCH3 is 1. The molecule has 0 fully saturated rings. The Bertz CT molecular complexity index is 930. The van der Waals surface area contributed by atoms with Crippen molar-refractivity contribution in [3.8, 4) is 5.75 Å². The molecule has 0 aliphatic heterocycles. The van der Waals surface area contributed by atoms with Gasteiger partial charge in [0.1, 0.15) is 17.1 Å². The third-order valence-corrected chi connectivity index (χ3v) is 5.07. The second-order valence-corrected chi connectivity index (χ2v) is 6.98. The predicted molar refractivity (Wildman–Crippen MR) is 107 cm³/mol. The largest absolute Gasteiger partial charge is 0.494 e. The normalized spacial score (nSPS) is 16.8. The van der Waals surface area contributed by atoms with Crippen molar-refractivity contribution in [2.75, 3.05) is 7.11 Å². The Labute approximate surface area is 154 Å². The first-order valence-electron chi connectivity index (χ1n) is 9.11. The fourth-order valence-corrected chi connectivity index (χ4v) is 3.44. The molecule has 1 aromatic carbocycles. The van der Waals surface area contributed by atoms with Crippen LogP contribution in [0.4, 0.5) is 0 Å². The zero-order valence-electron chi connectivity index (χ0n) is 16.1. The maximum Gasteiger partial charge on any atom is 0.150 e. The molecule has 0 amide bonds. The molecule has 4 heteroatoms. The summed E-state index contributed by atoms with van der Waals surface area (Å²) in [5.74, 6) is 2.55. The summed E-state index contributed by atoms with van der Waals surface area (Å²) in [6.07, 6.45) is 11.7. The number of allylic oxidation sites excluding steroid dienone is 6. The number of benzene rings is 1. The van der Waals surface area contributed by atoms with Crippen LogP contribution >= 0.6 is 0 Å². The monoisotopic (exact) mass is 350 g/mol. The highest BCUT2D eigenvalue weighted by atomic mass is 16.5. The molecule has 26 heavy (non-hydrogen) atoms. The van der Waals surface area contributed by atoms with Gasteiger partial charge in [-0.25, -0.2) is 4.98 Å². The SMILES string of the molecule is CCn1c(C2=CC=CC(C(C)C)C=C2)nc2c(C)c(C=O)cc(OC)c21. The standard InChI is InChI=1S/C22H26N2O2/c1-6-24-21-19(26-5)12-18(13-25)15(4)20(21)23-22(24)17-9-7-8-16(10-11-17)14(2)3/h7-14,16H,6H2,1-5H3. The van der Waals surface area contributed by atoms with Crippen LogP contribution in [0.1, 0.15) is 42.5 Å². The molecule has 1 aliphatic rings. The molecule has 1 atom stereocenters. The van der Waals surface area contributed by atoms with Crippen molar-refractivity contribution >= 4 is 22.9 Å². The van der Waals surface area contributed by atoms with E-state index in [1.54, 1.807) is 13.2 Å². The smallest absolute Gasteiger partial charge is 0.150 e. The van der Waals surface area contributed by atoms with Gasteiger partial charge in [0.15, 0.2) is 6.29 Å². The summed E-state index contributed by atoms with van der Waals surface area (Å²) in [7, 11) is 1.63. The number of hydrogen-bond acceptors (Lipinski definition) is 3. The number of aldehydes is 1. The van der Waals surface area contributed by atoms with Crippen LogP contribution in [0.25, 0.3) is 16.6 Å². The topological polar surface area (TPSA) is 44.1 Å². The molecular weight excluding hydrogens is 324 g/mol. The maximum atomic E-state index is 11.4. The lowest BCUT2D eigenvalue weighted by molar-refractivity contribution is 0.112. The number of carbonyl (C=O) groups is 1. The van der Waals surface area contributed by atoms with Crippen molar-refractivity contribution in [1.29, 1.82) is 0 Å². The Morgan fingerprint density at radius 1 is 1.35 bits per heavy atom. The summed E-state index contributed by atoms with van der Waals surface area (Å²) in [6, 6.07) is 1.80. The van der Waals surface area contributed by atoms with Crippen molar-refractivity contribution in [1.82, 2.24) is 9.55 Å². The van der Waals surface area contributed by atoms with E-state index in [1.807, 2.05) is 6.92 Å². The first-order valence-corrected chi connectivity index (χ1v) is 9.11. The van der Waals surface area contributed by atoms with Crippen LogP contribution in [0, 0.1) is 18.8 Å². The van der Waals surface area contributed by atoms with Gasteiger partial charge in [0.05, 0.1) is 12.6 Å². The van der Waals surface area contributed by atoms with E-state index in [1.165, 1.54) is 0 Å². The number of imidazole rings is 1. The van der Waals surface area contributed by atoms with Crippen LogP contribution in [-0.2, 0) is 6.54 Å². The van der Waals surface area contributed by atoms with Crippen molar-refractivity contribution in [2.45, 2.75) is 34.2 Å². The van der Waals surface area contributed by atoms with Gasteiger partial charge in [-0.3, -0.25) is 4.79 Å². The third kappa shape index (κ3) is 3.00. The van der Waals surface area contributed by atoms with E-state index in [0.717, 1.165) is 40.8 Å². The highest BCUT2D eigenvalue weighted by molar-refractivity contribution is 5.95. The molecule has 0 spiro atoms. The minimum atomic E-state index is 0.418. The minimum absolute atomic E-state index is 0.418. The highest BCUT2D eigenvalue weighted by Gasteiger charge is 2.20. The molecule has 136 valence electrons. The lowest BCUT2D eigenvalue weighted by Gasteiger charge is -2.11. The Morgan fingerprint density at radius 3 is 2.73 bits per heavy atom. The zero-order chi connectivity index (χ0) is 18.8. The maximum absolute atomic E-state index is 11.4. The van der Waals surface area contributed by atoms with Crippen molar-refractivity contribution < 1.29 is 9.53 Å². The van der Waals surface area contributed by atoms with E-state index in [2.05, 4.69) is 55.7 Å². The van der Waals surface area contributed by atoms with Gasteiger partial charge >= 0.3 is 0 Å². The number of rotatable bonds is 5. The Morgan fingerprint density at radius 2 is 2.12 bits per heavy atom. The zero-order valence-corrected chi connectivity index (χ0v) is 16.1.